The number of nitrogens with two attached hydrogens (primary N) is 1. The van der Waals surface area contributed by atoms with Gasteiger partial charge in [0.05, 0.1) is 6.54 Å². The van der Waals surface area contributed by atoms with Crippen LogP contribution in [0.1, 0.15) is 31.5 Å². The van der Waals surface area contributed by atoms with Gasteiger partial charge in [-0.3, -0.25) is 4.90 Å². The Morgan fingerprint density at radius 1 is 1.35 bits per heavy atom. The highest BCUT2D eigenvalue weighted by Crippen LogP contribution is 2.27. The third kappa shape index (κ3) is 2.38. The lowest BCUT2D eigenvalue weighted by Gasteiger charge is -2.29. The van der Waals surface area contributed by atoms with Gasteiger partial charge in [0.2, 0.25) is 0 Å². The minimum Gasteiger partial charge on any atom is -0.333 e. The first-order valence-corrected chi connectivity index (χ1v) is 6.81. The van der Waals surface area contributed by atoms with Crippen molar-refractivity contribution in [3.63, 3.8) is 0 Å². The van der Waals surface area contributed by atoms with Gasteiger partial charge in [0, 0.05) is 31.5 Å². The summed E-state index contributed by atoms with van der Waals surface area (Å²) in [5, 5.41) is 0. The molecule has 1 fully saturated rings. The highest BCUT2D eigenvalue weighted by molar-refractivity contribution is 4.95. The molecular formula is C13H22N4. The fourth-order valence-electron chi connectivity index (χ4n) is 3.19. The molecule has 1 aliphatic heterocycles. The van der Waals surface area contributed by atoms with E-state index >= 15 is 0 Å². The molecule has 2 heterocycles. The van der Waals surface area contributed by atoms with Crippen LogP contribution in [0.15, 0.2) is 12.4 Å². The zero-order chi connectivity index (χ0) is 11.7. The van der Waals surface area contributed by atoms with Gasteiger partial charge in [-0.2, -0.15) is 0 Å². The van der Waals surface area contributed by atoms with Crippen molar-refractivity contribution in [2.75, 3.05) is 13.1 Å². The molecule has 0 saturated heterocycles. The van der Waals surface area contributed by atoms with E-state index in [2.05, 4.69) is 20.6 Å². The van der Waals surface area contributed by atoms with Crippen molar-refractivity contribution < 1.29 is 0 Å². The number of rotatable bonds is 3. The van der Waals surface area contributed by atoms with Crippen LogP contribution >= 0.6 is 0 Å². The van der Waals surface area contributed by atoms with E-state index in [1.165, 1.54) is 38.1 Å². The summed E-state index contributed by atoms with van der Waals surface area (Å²) in [5.74, 6) is 1.98. The van der Waals surface area contributed by atoms with E-state index in [1.807, 2.05) is 6.20 Å². The van der Waals surface area contributed by atoms with Crippen LogP contribution in [0.25, 0.3) is 0 Å². The van der Waals surface area contributed by atoms with Crippen molar-refractivity contribution in [1.29, 1.82) is 0 Å². The Bertz CT molecular complexity index is 373. The second-order valence-corrected chi connectivity index (χ2v) is 5.46. The van der Waals surface area contributed by atoms with Gasteiger partial charge in [0.1, 0.15) is 5.82 Å². The standard InChI is InChI=1S/C13H22N4/c14-12-3-1-2-11(12)4-6-16-8-9-17-7-5-15-13(17)10-16/h5,7,11-12H,1-4,6,8-10,14H2. The van der Waals surface area contributed by atoms with E-state index in [-0.39, 0.29) is 0 Å². The molecule has 1 aromatic rings. The van der Waals surface area contributed by atoms with Gasteiger partial charge < -0.3 is 10.3 Å². The molecule has 0 aromatic carbocycles. The van der Waals surface area contributed by atoms with Crippen LogP contribution in [-0.4, -0.2) is 33.6 Å². The first-order valence-electron chi connectivity index (χ1n) is 6.81. The average molecular weight is 234 g/mol. The fraction of sp³-hybridized carbons (Fsp3) is 0.769. The SMILES string of the molecule is NC1CCCC1CCN1CCn2ccnc2C1. The van der Waals surface area contributed by atoms with E-state index in [4.69, 9.17) is 5.73 Å². The molecule has 2 aliphatic rings. The molecule has 2 N–H and O–H groups in total. The minimum atomic E-state index is 0.460. The number of hydrogen-bond donors (Lipinski definition) is 1. The molecule has 17 heavy (non-hydrogen) atoms. The molecule has 0 spiro atoms. The van der Waals surface area contributed by atoms with Crippen molar-refractivity contribution in [2.45, 2.75) is 44.8 Å². The lowest BCUT2D eigenvalue weighted by molar-refractivity contribution is 0.199. The summed E-state index contributed by atoms with van der Waals surface area (Å²) < 4.78 is 2.26. The van der Waals surface area contributed by atoms with Crippen LogP contribution < -0.4 is 5.73 Å². The Hall–Kier alpha value is -0.870. The second-order valence-electron chi connectivity index (χ2n) is 5.46. The largest absolute Gasteiger partial charge is 0.333 e. The maximum Gasteiger partial charge on any atom is 0.122 e. The molecular weight excluding hydrogens is 212 g/mol. The Morgan fingerprint density at radius 2 is 2.29 bits per heavy atom. The van der Waals surface area contributed by atoms with E-state index in [9.17, 15) is 0 Å². The molecule has 94 valence electrons. The van der Waals surface area contributed by atoms with Crippen LogP contribution in [-0.2, 0) is 13.1 Å². The number of hydrogen-bond acceptors (Lipinski definition) is 3. The molecule has 3 rings (SSSR count). The van der Waals surface area contributed by atoms with Crippen LogP contribution in [0.3, 0.4) is 0 Å². The monoisotopic (exact) mass is 234 g/mol. The lowest BCUT2D eigenvalue weighted by atomic mass is 10.00. The van der Waals surface area contributed by atoms with E-state index in [1.54, 1.807) is 0 Å². The first kappa shape index (κ1) is 11.2. The van der Waals surface area contributed by atoms with E-state index in [0.717, 1.165) is 25.6 Å². The third-order valence-corrected chi connectivity index (χ3v) is 4.36. The summed E-state index contributed by atoms with van der Waals surface area (Å²) in [4.78, 5) is 6.92. The molecule has 4 nitrogen and oxygen atoms in total. The fourth-order valence-corrected chi connectivity index (χ4v) is 3.19. The minimum absolute atomic E-state index is 0.460. The predicted octanol–water partition coefficient (Wildman–Crippen LogP) is 1.22. The quantitative estimate of drug-likeness (QED) is 0.855. The van der Waals surface area contributed by atoms with Gasteiger partial charge >= 0.3 is 0 Å². The third-order valence-electron chi connectivity index (χ3n) is 4.36. The Labute approximate surface area is 103 Å². The van der Waals surface area contributed by atoms with Crippen LogP contribution in [0, 0.1) is 5.92 Å². The molecule has 1 saturated carbocycles. The Balaban J connectivity index is 1.51. The number of imidazole rings is 1. The highest BCUT2D eigenvalue weighted by Gasteiger charge is 2.25. The molecule has 0 radical (unpaired) electrons. The van der Waals surface area contributed by atoms with Crippen molar-refractivity contribution in [3.05, 3.63) is 18.2 Å². The second kappa shape index (κ2) is 4.78. The van der Waals surface area contributed by atoms with Gasteiger partial charge in [-0.1, -0.05) is 6.42 Å². The zero-order valence-electron chi connectivity index (χ0n) is 10.4. The van der Waals surface area contributed by atoms with Crippen LogP contribution in [0.2, 0.25) is 0 Å². The summed E-state index contributed by atoms with van der Waals surface area (Å²) in [6.45, 7) is 4.44. The smallest absolute Gasteiger partial charge is 0.122 e. The summed E-state index contributed by atoms with van der Waals surface area (Å²) in [5.41, 5.74) is 6.12. The number of fused-ring (bicyclic) bond motifs is 1. The maximum absolute atomic E-state index is 6.12. The predicted molar refractivity (Wildman–Crippen MR) is 67.4 cm³/mol. The van der Waals surface area contributed by atoms with Crippen molar-refractivity contribution >= 4 is 0 Å². The van der Waals surface area contributed by atoms with E-state index < -0.39 is 0 Å². The zero-order valence-corrected chi connectivity index (χ0v) is 10.4. The Morgan fingerprint density at radius 3 is 3.12 bits per heavy atom. The molecule has 1 aromatic heterocycles. The summed E-state index contributed by atoms with van der Waals surface area (Å²) in [6, 6.07) is 0.460. The maximum atomic E-state index is 6.12. The molecule has 2 atom stereocenters. The topological polar surface area (TPSA) is 47.1 Å². The van der Waals surface area contributed by atoms with Crippen molar-refractivity contribution in [1.82, 2.24) is 14.5 Å². The van der Waals surface area contributed by atoms with Gasteiger partial charge in [-0.15, -0.1) is 0 Å². The summed E-state index contributed by atoms with van der Waals surface area (Å²) in [6.07, 6.45) is 9.15. The summed E-state index contributed by atoms with van der Waals surface area (Å²) >= 11 is 0. The first-order chi connectivity index (χ1) is 8.33. The van der Waals surface area contributed by atoms with Gasteiger partial charge in [0.15, 0.2) is 0 Å². The highest BCUT2D eigenvalue weighted by atomic mass is 15.2. The van der Waals surface area contributed by atoms with Gasteiger partial charge in [-0.05, 0) is 31.7 Å². The average Bonchev–Trinajstić information content (AvgIpc) is 2.94. The van der Waals surface area contributed by atoms with Crippen molar-refractivity contribution in [3.8, 4) is 0 Å². The van der Waals surface area contributed by atoms with Gasteiger partial charge in [0.25, 0.3) is 0 Å². The van der Waals surface area contributed by atoms with Crippen molar-refractivity contribution in [2.24, 2.45) is 11.7 Å². The molecule has 1 aliphatic carbocycles. The Kier molecular flexibility index (Phi) is 3.16. The lowest BCUT2D eigenvalue weighted by Crippen LogP contribution is -2.36. The number of aromatic nitrogens is 2. The molecule has 2 unspecified atom stereocenters. The van der Waals surface area contributed by atoms with Gasteiger partial charge in [-0.25, -0.2) is 4.98 Å². The van der Waals surface area contributed by atoms with Crippen LogP contribution in [0.5, 0.6) is 0 Å². The van der Waals surface area contributed by atoms with Crippen LogP contribution in [0.4, 0.5) is 0 Å². The normalized spacial score (nSPS) is 29.5. The molecule has 0 bridgehead atoms. The number of nitrogens with zero attached hydrogens (tertiary/aromatic N) is 3. The molecule has 0 amide bonds. The van der Waals surface area contributed by atoms with E-state index in [0.29, 0.717) is 6.04 Å². The summed E-state index contributed by atoms with van der Waals surface area (Å²) in [7, 11) is 0. The molecule has 4 heteroatoms.